The molecule has 2 N–H and O–H groups in total. The Morgan fingerprint density at radius 2 is 1.71 bits per heavy atom. The molecule has 1 unspecified atom stereocenters. The highest BCUT2D eigenvalue weighted by molar-refractivity contribution is 8.08. The number of aliphatic hydroxyl groups is 1. The van der Waals surface area contributed by atoms with Crippen LogP contribution in [0.15, 0.2) is 21.0 Å². The molecule has 34 heavy (non-hydrogen) atoms. The minimum atomic E-state index is -0.921. The van der Waals surface area contributed by atoms with Gasteiger partial charge in [0, 0.05) is 39.8 Å². The number of aliphatic carboxylic acids is 1. The number of likely N-dealkylation sites (N-methyl/N-ethyl adjacent to an activating group) is 1. The van der Waals surface area contributed by atoms with Crippen LogP contribution in [0.5, 0.6) is 0 Å². The van der Waals surface area contributed by atoms with Crippen molar-refractivity contribution < 1.29 is 24.6 Å². The number of fused-ring (bicyclic) bond motifs is 4. The van der Waals surface area contributed by atoms with Gasteiger partial charge in [-0.15, -0.1) is 23.5 Å². The van der Waals surface area contributed by atoms with E-state index in [2.05, 4.69) is 6.07 Å². The molecule has 0 spiro atoms. The number of carbonyl (C=O) groups is 3. The quantitative estimate of drug-likeness (QED) is 0.519. The molecule has 4 aliphatic rings. The zero-order chi connectivity index (χ0) is 25.1. The third-order valence-electron chi connectivity index (χ3n) is 7.26. The number of hydrogen-bond donors (Lipinski definition) is 2. The van der Waals surface area contributed by atoms with E-state index < -0.39 is 42.7 Å². The van der Waals surface area contributed by atoms with Crippen molar-refractivity contribution in [3.05, 3.63) is 21.0 Å². The summed E-state index contributed by atoms with van der Waals surface area (Å²) in [4.78, 5) is 44.5. The van der Waals surface area contributed by atoms with Gasteiger partial charge in [-0.05, 0) is 19.9 Å². The number of aliphatic hydroxyl groups excluding tert-OH is 1. The second-order valence-corrected chi connectivity index (χ2v) is 13.1. The Morgan fingerprint density at radius 3 is 2.21 bits per heavy atom. The molecule has 3 heterocycles. The van der Waals surface area contributed by atoms with Gasteiger partial charge >= 0.3 is 5.97 Å². The summed E-state index contributed by atoms with van der Waals surface area (Å²) in [5, 5.41) is 30.7. The smallest absolute Gasteiger partial charge is 0.308 e. The lowest BCUT2D eigenvalue weighted by Gasteiger charge is -2.54. The molecule has 0 amide bonds. The maximum atomic E-state index is 13.9. The predicted molar refractivity (Wildman–Crippen MR) is 131 cm³/mol. The summed E-state index contributed by atoms with van der Waals surface area (Å²) >= 11 is 2.74. The molecule has 4 rings (SSSR count). The molecule has 2 fully saturated rings. The number of ketones is 2. The molecule has 1 aliphatic carbocycles. The van der Waals surface area contributed by atoms with Gasteiger partial charge in [0.2, 0.25) is 0 Å². The van der Waals surface area contributed by atoms with Crippen LogP contribution >= 0.6 is 23.5 Å². The molecular formula is C24H31N3O5S2. The normalized spacial score (nSPS) is 34.1. The van der Waals surface area contributed by atoms with E-state index in [0.29, 0.717) is 21.8 Å². The highest BCUT2D eigenvalue weighted by Gasteiger charge is 2.61. The van der Waals surface area contributed by atoms with Gasteiger partial charge in [-0.3, -0.25) is 24.2 Å². The van der Waals surface area contributed by atoms with Crippen LogP contribution < -0.4 is 0 Å². The average Bonchev–Trinajstić information content (AvgIpc) is 3.02. The Balaban J connectivity index is 1.85. The lowest BCUT2D eigenvalue weighted by atomic mass is 9.76. The summed E-state index contributed by atoms with van der Waals surface area (Å²) < 4.78 is 0. The van der Waals surface area contributed by atoms with E-state index in [0.717, 1.165) is 0 Å². The summed E-state index contributed by atoms with van der Waals surface area (Å²) in [5.74, 6) is -2.04. The van der Waals surface area contributed by atoms with Crippen molar-refractivity contribution in [1.82, 2.24) is 9.80 Å². The fourth-order valence-electron chi connectivity index (χ4n) is 6.10. The summed E-state index contributed by atoms with van der Waals surface area (Å²) in [6.45, 7) is 7.46. The number of carboxylic acid groups (broad SMARTS) is 1. The number of carbonyl (C=O) groups excluding carboxylic acids is 2. The van der Waals surface area contributed by atoms with Gasteiger partial charge in [0.1, 0.15) is 6.04 Å². The van der Waals surface area contributed by atoms with Crippen molar-refractivity contribution >= 4 is 41.1 Å². The number of nitriles is 1. The van der Waals surface area contributed by atoms with E-state index in [1.165, 1.54) is 23.5 Å². The average molecular weight is 506 g/mol. The Hall–Kier alpha value is -1.64. The monoisotopic (exact) mass is 505 g/mol. The minimum absolute atomic E-state index is 0.0863. The first-order valence-electron chi connectivity index (χ1n) is 11.7. The number of thioether (sulfide) groups is 2. The summed E-state index contributed by atoms with van der Waals surface area (Å²) in [5.41, 5.74) is 0.664. The Kier molecular flexibility index (Phi) is 7.06. The Labute approximate surface area is 208 Å². The van der Waals surface area contributed by atoms with Crippen molar-refractivity contribution in [3.8, 4) is 6.07 Å². The molecule has 184 valence electrons. The van der Waals surface area contributed by atoms with Gasteiger partial charge in [0.15, 0.2) is 11.6 Å². The number of Topliss-reactive ketones (excluding diaryl/α,β-unsaturated/α-hetero) is 2. The van der Waals surface area contributed by atoms with Crippen LogP contribution in [0.2, 0.25) is 0 Å². The largest absolute Gasteiger partial charge is 0.481 e. The maximum Gasteiger partial charge on any atom is 0.308 e. The first-order chi connectivity index (χ1) is 16.0. The molecule has 0 aromatic heterocycles. The molecule has 6 atom stereocenters. The van der Waals surface area contributed by atoms with Crippen LogP contribution in [0, 0.1) is 17.2 Å². The van der Waals surface area contributed by atoms with Crippen LogP contribution in [0.3, 0.4) is 0 Å². The molecule has 2 saturated heterocycles. The summed E-state index contributed by atoms with van der Waals surface area (Å²) in [6.07, 6.45) is 0.523. The fraction of sp³-hybridized carbons (Fsp3) is 0.667. The molecule has 10 heteroatoms. The third-order valence-corrected chi connectivity index (χ3v) is 9.58. The summed E-state index contributed by atoms with van der Waals surface area (Å²) in [7, 11) is 1.84. The topological polar surface area (TPSA) is 122 Å². The lowest BCUT2D eigenvalue weighted by molar-refractivity contribution is -0.144. The number of nitrogens with zero attached hydrogens (tertiary/aromatic N) is 3. The van der Waals surface area contributed by atoms with Crippen molar-refractivity contribution in [1.29, 1.82) is 5.26 Å². The van der Waals surface area contributed by atoms with Crippen LogP contribution in [0.1, 0.15) is 40.5 Å². The van der Waals surface area contributed by atoms with Crippen LogP contribution in [-0.2, 0) is 14.4 Å². The molecule has 0 radical (unpaired) electrons. The minimum Gasteiger partial charge on any atom is -0.481 e. The standard InChI is InChI=1S/C24H31N3O5S2/c1-10(2)33-22-20(29)12-6-15-19-13(24(31)32)7-14(26(19)5)16(8-25)27(15)17(9-28)18(12)21(30)23(22)34-11(3)4/h10-11,13-17,19,28H,6-7,9H2,1-5H3,(H,31,32)/t13-,14+,15+,16?,17+,19-/m1/s1. The number of allylic oxidation sites excluding steroid dienone is 2. The van der Waals surface area contributed by atoms with Gasteiger partial charge in [-0.2, -0.15) is 5.26 Å². The predicted octanol–water partition coefficient (Wildman–Crippen LogP) is 2.04. The van der Waals surface area contributed by atoms with Gasteiger partial charge in [0.25, 0.3) is 0 Å². The van der Waals surface area contributed by atoms with Crippen molar-refractivity contribution in [3.63, 3.8) is 0 Å². The van der Waals surface area contributed by atoms with E-state index in [9.17, 15) is 29.9 Å². The molecule has 0 aromatic carbocycles. The lowest BCUT2D eigenvalue weighted by Crippen LogP contribution is -2.69. The number of carboxylic acids is 1. The highest BCUT2D eigenvalue weighted by atomic mass is 32.2. The fourth-order valence-corrected chi connectivity index (χ4v) is 8.18. The van der Waals surface area contributed by atoms with E-state index in [4.69, 9.17) is 0 Å². The molecule has 0 saturated carbocycles. The Morgan fingerprint density at radius 1 is 1.12 bits per heavy atom. The van der Waals surface area contributed by atoms with E-state index in [1.54, 1.807) is 0 Å². The van der Waals surface area contributed by atoms with Gasteiger partial charge in [0.05, 0.1) is 34.4 Å². The first kappa shape index (κ1) is 25.5. The molecule has 0 aromatic rings. The van der Waals surface area contributed by atoms with Crippen molar-refractivity contribution in [2.45, 2.75) is 81.2 Å². The van der Waals surface area contributed by atoms with Gasteiger partial charge in [-0.1, -0.05) is 27.7 Å². The van der Waals surface area contributed by atoms with E-state index in [-0.39, 0.29) is 40.1 Å². The molecule has 8 nitrogen and oxygen atoms in total. The van der Waals surface area contributed by atoms with Crippen LogP contribution in [0.4, 0.5) is 0 Å². The van der Waals surface area contributed by atoms with Gasteiger partial charge in [-0.25, -0.2) is 0 Å². The first-order valence-corrected chi connectivity index (χ1v) is 13.4. The third kappa shape index (κ3) is 3.86. The second kappa shape index (κ2) is 9.43. The number of rotatable bonds is 6. The summed E-state index contributed by atoms with van der Waals surface area (Å²) in [6, 6.07) is -0.340. The molecule has 3 aliphatic heterocycles. The number of piperazine rings is 1. The number of hydrogen-bond acceptors (Lipinski definition) is 9. The zero-order valence-corrected chi connectivity index (χ0v) is 21.7. The Bertz CT molecular complexity index is 1030. The van der Waals surface area contributed by atoms with E-state index in [1.807, 2.05) is 44.5 Å². The SMILES string of the molecule is CC(C)SC1=C(SC(C)C)C(=O)C2=C(C[C@H]3[C@H]4[C@H](C(=O)O)C[C@@H](C(C#N)N3[C@H]2CO)N4C)C1=O. The zero-order valence-electron chi connectivity index (χ0n) is 20.0. The molecule has 2 bridgehead atoms. The van der Waals surface area contributed by atoms with E-state index >= 15 is 0 Å². The van der Waals surface area contributed by atoms with Gasteiger partial charge < -0.3 is 10.2 Å². The van der Waals surface area contributed by atoms with Crippen LogP contribution in [-0.4, -0.2) is 91.9 Å². The maximum absolute atomic E-state index is 13.9. The second-order valence-electron chi connectivity index (χ2n) is 9.94. The molecular weight excluding hydrogens is 474 g/mol. The van der Waals surface area contributed by atoms with Crippen molar-refractivity contribution in [2.24, 2.45) is 5.92 Å². The highest BCUT2D eigenvalue weighted by Crippen LogP contribution is 2.50. The van der Waals surface area contributed by atoms with Crippen LogP contribution in [0.25, 0.3) is 0 Å². The van der Waals surface area contributed by atoms with Crippen molar-refractivity contribution in [2.75, 3.05) is 13.7 Å².